The Labute approximate surface area is 148 Å². The molecule has 1 aliphatic carbocycles. The van der Waals surface area contributed by atoms with Crippen molar-refractivity contribution in [1.29, 1.82) is 0 Å². The van der Waals surface area contributed by atoms with Crippen LogP contribution in [0.2, 0.25) is 0 Å². The lowest BCUT2D eigenvalue weighted by atomic mass is 9.58. The molecule has 1 spiro atoms. The van der Waals surface area contributed by atoms with Gasteiger partial charge < -0.3 is 9.47 Å². The van der Waals surface area contributed by atoms with E-state index < -0.39 is 39.4 Å². The Morgan fingerprint density at radius 1 is 1.16 bits per heavy atom. The standard InChI is InChI=1S/C17H26O7S/c1-4-25(19,20)9-11-13-6-5-10(2)12-7-8-16(3)22-15(21-14(11)18)17(12,13)24-23-16/h10-13,15H,4-9H2,1-3H3/t10-,11-,12+,13+,15-,16-,17-/m1/s1. The molecule has 7 nitrogen and oxygen atoms in total. The number of sulfone groups is 1. The van der Waals surface area contributed by atoms with Gasteiger partial charge in [0.25, 0.3) is 0 Å². The molecule has 8 heteroatoms. The number of rotatable bonds is 3. The Bertz CT molecular complexity index is 676. The van der Waals surface area contributed by atoms with Crippen molar-refractivity contribution in [3.05, 3.63) is 0 Å². The second-order valence-electron chi connectivity index (χ2n) is 8.15. The van der Waals surface area contributed by atoms with E-state index >= 15 is 0 Å². The number of ether oxygens (including phenoxy) is 2. The van der Waals surface area contributed by atoms with Crippen LogP contribution in [0.4, 0.5) is 0 Å². The Morgan fingerprint density at radius 3 is 2.64 bits per heavy atom. The summed E-state index contributed by atoms with van der Waals surface area (Å²) < 4.78 is 36.0. The highest BCUT2D eigenvalue weighted by Gasteiger charge is 2.70. The molecular formula is C17H26O7S. The summed E-state index contributed by atoms with van der Waals surface area (Å²) in [6.07, 6.45) is 2.30. The minimum atomic E-state index is -3.32. The molecule has 7 atom stereocenters. The van der Waals surface area contributed by atoms with Gasteiger partial charge in [-0.25, -0.2) is 18.2 Å². The third kappa shape index (κ3) is 2.56. The van der Waals surface area contributed by atoms with Crippen LogP contribution >= 0.6 is 0 Å². The van der Waals surface area contributed by atoms with Gasteiger partial charge in [0.2, 0.25) is 12.1 Å². The van der Waals surface area contributed by atoms with E-state index in [2.05, 4.69) is 6.92 Å². The van der Waals surface area contributed by atoms with Gasteiger partial charge in [0.15, 0.2) is 15.4 Å². The van der Waals surface area contributed by atoms with Gasteiger partial charge in [-0.3, -0.25) is 4.79 Å². The molecule has 4 aliphatic heterocycles. The number of hydrogen-bond acceptors (Lipinski definition) is 7. The number of esters is 1. The zero-order valence-electron chi connectivity index (χ0n) is 14.9. The zero-order valence-corrected chi connectivity index (χ0v) is 15.7. The lowest BCUT2D eigenvalue weighted by molar-refractivity contribution is -0.559. The molecule has 0 unspecified atom stereocenters. The topological polar surface area (TPSA) is 88.1 Å². The van der Waals surface area contributed by atoms with Crippen LogP contribution in [0.15, 0.2) is 0 Å². The second kappa shape index (κ2) is 5.65. The van der Waals surface area contributed by atoms with Gasteiger partial charge in [0, 0.05) is 24.0 Å². The van der Waals surface area contributed by atoms with Crippen molar-refractivity contribution in [2.45, 2.75) is 64.1 Å². The normalized spacial score (nSPS) is 49.2. The van der Waals surface area contributed by atoms with Gasteiger partial charge in [0.1, 0.15) is 0 Å². The molecular weight excluding hydrogens is 348 g/mol. The van der Waals surface area contributed by atoms with E-state index in [4.69, 9.17) is 19.2 Å². The molecule has 0 N–H and O–H groups in total. The van der Waals surface area contributed by atoms with Crippen LogP contribution in [0.25, 0.3) is 0 Å². The van der Waals surface area contributed by atoms with Crippen LogP contribution in [-0.4, -0.2) is 43.6 Å². The van der Waals surface area contributed by atoms with E-state index in [1.807, 2.05) is 0 Å². The lowest BCUT2D eigenvalue weighted by Crippen LogP contribution is -2.70. The van der Waals surface area contributed by atoms with Crippen molar-refractivity contribution in [2.24, 2.45) is 23.7 Å². The van der Waals surface area contributed by atoms with Crippen LogP contribution < -0.4 is 0 Å². The molecule has 25 heavy (non-hydrogen) atoms. The van der Waals surface area contributed by atoms with Gasteiger partial charge in [-0.05, 0) is 32.1 Å². The smallest absolute Gasteiger partial charge is 0.312 e. The zero-order chi connectivity index (χ0) is 18.0. The van der Waals surface area contributed by atoms with Gasteiger partial charge in [-0.1, -0.05) is 13.8 Å². The third-order valence-electron chi connectivity index (χ3n) is 6.66. The molecule has 0 radical (unpaired) electrons. The summed E-state index contributed by atoms with van der Waals surface area (Å²) in [5.74, 6) is -2.15. The maximum Gasteiger partial charge on any atom is 0.312 e. The number of fused-ring (bicyclic) bond motifs is 2. The van der Waals surface area contributed by atoms with Gasteiger partial charge in [-0.2, -0.15) is 0 Å². The monoisotopic (exact) mass is 374 g/mol. The quantitative estimate of drug-likeness (QED) is 0.550. The summed E-state index contributed by atoms with van der Waals surface area (Å²) in [5, 5.41) is 0. The first-order chi connectivity index (χ1) is 11.7. The Morgan fingerprint density at radius 2 is 1.92 bits per heavy atom. The molecule has 0 amide bonds. The highest BCUT2D eigenvalue weighted by atomic mass is 32.2. The van der Waals surface area contributed by atoms with Crippen LogP contribution in [0.1, 0.15) is 46.5 Å². The minimum absolute atomic E-state index is 0.00564. The van der Waals surface area contributed by atoms with E-state index in [-0.39, 0.29) is 23.3 Å². The Kier molecular flexibility index (Phi) is 4.00. The first-order valence-electron chi connectivity index (χ1n) is 9.16. The van der Waals surface area contributed by atoms with Crippen LogP contribution in [0.3, 0.4) is 0 Å². The van der Waals surface area contributed by atoms with Crippen LogP contribution in [-0.2, 0) is 33.9 Å². The third-order valence-corrected chi connectivity index (χ3v) is 8.41. The van der Waals surface area contributed by atoms with E-state index in [9.17, 15) is 13.2 Å². The average Bonchev–Trinajstić information content (AvgIpc) is 2.78. The summed E-state index contributed by atoms with van der Waals surface area (Å²) in [6.45, 7) is 5.56. The Balaban J connectivity index is 1.77. The van der Waals surface area contributed by atoms with Crippen molar-refractivity contribution in [3.63, 3.8) is 0 Å². The summed E-state index contributed by atoms with van der Waals surface area (Å²) >= 11 is 0. The van der Waals surface area contributed by atoms with E-state index in [0.717, 1.165) is 12.8 Å². The summed E-state index contributed by atoms with van der Waals surface area (Å²) in [6, 6.07) is 0. The maximum atomic E-state index is 12.7. The maximum absolute atomic E-state index is 12.7. The number of hydrogen-bond donors (Lipinski definition) is 0. The van der Waals surface area contributed by atoms with Crippen molar-refractivity contribution >= 4 is 15.8 Å². The van der Waals surface area contributed by atoms with Crippen molar-refractivity contribution in [2.75, 3.05) is 11.5 Å². The largest absolute Gasteiger partial charge is 0.432 e. The lowest BCUT2D eigenvalue weighted by Gasteiger charge is -2.58. The van der Waals surface area contributed by atoms with E-state index in [1.165, 1.54) is 0 Å². The predicted octanol–water partition coefficient (Wildman–Crippen LogP) is 1.81. The minimum Gasteiger partial charge on any atom is -0.432 e. The number of carbonyl (C=O) groups excluding carboxylic acids is 1. The van der Waals surface area contributed by atoms with E-state index in [0.29, 0.717) is 18.8 Å². The molecule has 0 aromatic heterocycles. The highest BCUT2D eigenvalue weighted by Crippen LogP contribution is 2.59. The van der Waals surface area contributed by atoms with Crippen molar-refractivity contribution < 1.29 is 32.5 Å². The molecule has 1 saturated carbocycles. The molecule has 4 heterocycles. The fourth-order valence-electron chi connectivity index (χ4n) is 5.19. The molecule has 5 rings (SSSR count). The molecule has 4 saturated heterocycles. The summed E-state index contributed by atoms with van der Waals surface area (Å²) in [4.78, 5) is 24.2. The van der Waals surface area contributed by atoms with Crippen LogP contribution in [0, 0.1) is 23.7 Å². The predicted molar refractivity (Wildman–Crippen MR) is 86.7 cm³/mol. The molecule has 0 aromatic carbocycles. The first kappa shape index (κ1) is 17.7. The van der Waals surface area contributed by atoms with Crippen molar-refractivity contribution in [1.82, 2.24) is 0 Å². The molecule has 5 aliphatic rings. The Hall–Kier alpha value is -0.700. The second-order valence-corrected chi connectivity index (χ2v) is 10.6. The summed E-state index contributed by atoms with van der Waals surface area (Å²) in [5.41, 5.74) is -0.907. The highest BCUT2D eigenvalue weighted by molar-refractivity contribution is 7.91. The fraction of sp³-hybridized carbons (Fsp3) is 0.941. The molecule has 2 bridgehead atoms. The molecule has 5 fully saturated rings. The van der Waals surface area contributed by atoms with Gasteiger partial charge in [-0.15, -0.1) is 0 Å². The fourth-order valence-corrected chi connectivity index (χ4v) is 6.34. The molecule has 0 aromatic rings. The van der Waals surface area contributed by atoms with Gasteiger partial charge in [0.05, 0.1) is 11.7 Å². The van der Waals surface area contributed by atoms with Crippen molar-refractivity contribution in [3.8, 4) is 0 Å². The van der Waals surface area contributed by atoms with Gasteiger partial charge >= 0.3 is 5.97 Å². The average molecular weight is 374 g/mol. The van der Waals surface area contributed by atoms with E-state index in [1.54, 1.807) is 13.8 Å². The number of carbonyl (C=O) groups is 1. The van der Waals surface area contributed by atoms with Crippen LogP contribution in [0.5, 0.6) is 0 Å². The molecule has 142 valence electrons. The summed E-state index contributed by atoms with van der Waals surface area (Å²) in [7, 11) is -3.32. The SMILES string of the molecule is CCS(=O)(=O)C[C@H]1C(=O)O[C@@H]2O[C@@]3(C)CC[C@H]4[C@H](C)CC[C@@H]1[C@@]24OO3. The first-order valence-corrected chi connectivity index (χ1v) is 11.0.